The minimum absolute atomic E-state index is 0.175. The lowest BCUT2D eigenvalue weighted by Gasteiger charge is -2.11. The molecule has 5 heteroatoms. The van der Waals surface area contributed by atoms with Crippen molar-refractivity contribution in [3.8, 4) is 0 Å². The molecule has 0 saturated carbocycles. The van der Waals surface area contributed by atoms with Gasteiger partial charge in [-0.15, -0.1) is 23.1 Å². The molecule has 1 aromatic heterocycles. The molecule has 0 fully saturated rings. The van der Waals surface area contributed by atoms with Crippen molar-refractivity contribution in [1.82, 2.24) is 0 Å². The number of Topliss-reactive ketones (excluding diaryl/α,β-unsaturated/α-hetero) is 1. The molecule has 0 atom stereocenters. The first-order valence-corrected chi connectivity index (χ1v) is 7.56. The average Bonchev–Trinajstić information content (AvgIpc) is 2.66. The minimum Gasteiger partial charge on any atom is -0.365 e. The highest BCUT2D eigenvalue weighted by atomic mass is 32.2. The summed E-state index contributed by atoms with van der Waals surface area (Å²) in [4.78, 5) is 24.0. The molecule has 1 aliphatic heterocycles. The maximum absolute atomic E-state index is 11.9. The van der Waals surface area contributed by atoms with Gasteiger partial charge in [-0.1, -0.05) is 13.3 Å². The summed E-state index contributed by atoms with van der Waals surface area (Å²) >= 11 is 3.06. The van der Waals surface area contributed by atoms with Gasteiger partial charge < -0.3 is 5.73 Å². The quantitative estimate of drug-likeness (QED) is 0.914. The van der Waals surface area contributed by atoms with Crippen molar-refractivity contribution in [2.24, 2.45) is 5.73 Å². The van der Waals surface area contributed by atoms with Crippen molar-refractivity contribution in [3.05, 3.63) is 16.0 Å². The fourth-order valence-electron chi connectivity index (χ4n) is 1.98. The van der Waals surface area contributed by atoms with Crippen molar-refractivity contribution in [2.45, 2.75) is 36.8 Å². The molecule has 0 aromatic carbocycles. The van der Waals surface area contributed by atoms with Crippen LogP contribution in [0.15, 0.2) is 4.21 Å². The summed E-state index contributed by atoms with van der Waals surface area (Å²) in [6.45, 7) is 2.10. The van der Waals surface area contributed by atoms with Crippen molar-refractivity contribution >= 4 is 34.8 Å². The normalized spacial score (nSPS) is 14.8. The third kappa shape index (κ3) is 2.40. The van der Waals surface area contributed by atoms with E-state index in [-0.39, 0.29) is 5.78 Å². The van der Waals surface area contributed by atoms with E-state index in [1.54, 1.807) is 11.8 Å². The van der Waals surface area contributed by atoms with Crippen molar-refractivity contribution < 1.29 is 9.59 Å². The summed E-state index contributed by atoms with van der Waals surface area (Å²) in [5.74, 6) is 0.593. The number of thioether (sulfide) groups is 1. The second kappa shape index (κ2) is 5.23. The maximum Gasteiger partial charge on any atom is 0.259 e. The summed E-state index contributed by atoms with van der Waals surface area (Å²) in [5.41, 5.74) is 7.08. The number of primary amides is 1. The minimum atomic E-state index is -0.399. The number of hydrogen-bond acceptors (Lipinski definition) is 4. The SMILES string of the molecule is CCCCc1c(C(N)=O)sc2c1C(=O)CCS2. The molecular weight excluding hydrogens is 254 g/mol. The van der Waals surface area contributed by atoms with Gasteiger partial charge in [0.2, 0.25) is 0 Å². The number of nitrogens with two attached hydrogens (primary N) is 1. The van der Waals surface area contributed by atoms with Gasteiger partial charge in [-0.3, -0.25) is 9.59 Å². The van der Waals surface area contributed by atoms with Gasteiger partial charge in [0.05, 0.1) is 9.09 Å². The molecule has 17 heavy (non-hydrogen) atoms. The van der Waals surface area contributed by atoms with Gasteiger partial charge in [0, 0.05) is 17.7 Å². The Morgan fingerprint density at radius 1 is 1.47 bits per heavy atom. The summed E-state index contributed by atoms with van der Waals surface area (Å²) in [6.07, 6.45) is 3.39. The molecule has 2 heterocycles. The van der Waals surface area contributed by atoms with Gasteiger partial charge in [-0.2, -0.15) is 0 Å². The van der Waals surface area contributed by atoms with E-state index in [0.29, 0.717) is 11.3 Å². The van der Waals surface area contributed by atoms with Crippen LogP contribution in [0.25, 0.3) is 0 Å². The van der Waals surface area contributed by atoms with Crippen molar-refractivity contribution in [3.63, 3.8) is 0 Å². The molecule has 0 radical (unpaired) electrons. The lowest BCUT2D eigenvalue weighted by atomic mass is 10.00. The first kappa shape index (κ1) is 12.6. The van der Waals surface area contributed by atoms with E-state index in [0.717, 1.165) is 40.4 Å². The molecule has 1 aliphatic rings. The van der Waals surface area contributed by atoms with Crippen molar-refractivity contribution in [2.75, 3.05) is 5.75 Å². The Hall–Kier alpha value is -0.810. The molecular formula is C12H15NO2S2. The van der Waals surface area contributed by atoms with E-state index < -0.39 is 5.91 Å². The number of rotatable bonds is 4. The zero-order chi connectivity index (χ0) is 12.4. The Balaban J connectivity index is 2.47. The van der Waals surface area contributed by atoms with Crippen LogP contribution < -0.4 is 5.73 Å². The van der Waals surface area contributed by atoms with Crippen LogP contribution >= 0.6 is 23.1 Å². The molecule has 0 bridgehead atoms. The zero-order valence-corrected chi connectivity index (χ0v) is 11.4. The second-order valence-electron chi connectivity index (χ2n) is 4.06. The van der Waals surface area contributed by atoms with Gasteiger partial charge in [0.15, 0.2) is 5.78 Å². The molecule has 2 rings (SSSR count). The van der Waals surface area contributed by atoms with Crippen LogP contribution in [0.5, 0.6) is 0 Å². The largest absolute Gasteiger partial charge is 0.365 e. The highest BCUT2D eigenvalue weighted by Crippen LogP contribution is 2.41. The molecule has 3 nitrogen and oxygen atoms in total. The smallest absolute Gasteiger partial charge is 0.259 e. The van der Waals surface area contributed by atoms with E-state index in [4.69, 9.17) is 5.73 Å². The van der Waals surface area contributed by atoms with Crippen LogP contribution in [0.4, 0.5) is 0 Å². The number of carbonyl (C=O) groups is 2. The lowest BCUT2D eigenvalue weighted by Crippen LogP contribution is -2.14. The van der Waals surface area contributed by atoms with Crippen LogP contribution in [0, 0.1) is 0 Å². The third-order valence-electron chi connectivity index (χ3n) is 2.82. The fourth-order valence-corrected chi connectivity index (χ4v) is 4.52. The van der Waals surface area contributed by atoms with Crippen LogP contribution in [0.3, 0.4) is 0 Å². The molecule has 1 aromatic rings. The first-order valence-electron chi connectivity index (χ1n) is 5.76. The van der Waals surface area contributed by atoms with Gasteiger partial charge >= 0.3 is 0 Å². The number of carbonyl (C=O) groups excluding carboxylic acids is 2. The standard InChI is InChI=1S/C12H15NO2S2/c1-2-3-4-7-9-8(14)5-6-16-12(9)17-10(7)11(13)15/h2-6H2,1H3,(H2,13,15). The predicted molar refractivity (Wildman–Crippen MR) is 71.1 cm³/mol. The van der Waals surface area contributed by atoms with Crippen LogP contribution in [-0.2, 0) is 6.42 Å². The molecule has 92 valence electrons. The molecule has 2 N–H and O–H groups in total. The molecule has 0 spiro atoms. The first-order chi connectivity index (χ1) is 8.15. The monoisotopic (exact) mass is 269 g/mol. The van der Waals surface area contributed by atoms with E-state index >= 15 is 0 Å². The third-order valence-corrected chi connectivity index (χ3v) is 5.34. The molecule has 0 unspecified atom stereocenters. The average molecular weight is 269 g/mol. The Labute approximate surface area is 109 Å². The van der Waals surface area contributed by atoms with Gasteiger partial charge in [-0.05, 0) is 18.4 Å². The van der Waals surface area contributed by atoms with Crippen LogP contribution in [-0.4, -0.2) is 17.4 Å². The number of unbranched alkanes of at least 4 members (excludes halogenated alkanes) is 1. The number of hydrogen-bond donors (Lipinski definition) is 1. The summed E-state index contributed by atoms with van der Waals surface area (Å²) in [6, 6.07) is 0. The Morgan fingerprint density at radius 3 is 2.88 bits per heavy atom. The van der Waals surface area contributed by atoms with E-state index in [1.165, 1.54) is 11.3 Å². The Kier molecular flexibility index (Phi) is 3.89. The highest BCUT2D eigenvalue weighted by Gasteiger charge is 2.28. The number of fused-ring (bicyclic) bond motifs is 1. The predicted octanol–water partition coefficient (Wildman–Crippen LogP) is 2.87. The van der Waals surface area contributed by atoms with Crippen LogP contribution in [0.2, 0.25) is 0 Å². The number of amides is 1. The molecule has 0 aliphatic carbocycles. The topological polar surface area (TPSA) is 60.2 Å². The van der Waals surface area contributed by atoms with Gasteiger partial charge in [-0.25, -0.2) is 0 Å². The number of thiophene rings is 1. The summed E-state index contributed by atoms with van der Waals surface area (Å²) < 4.78 is 0.987. The Morgan fingerprint density at radius 2 is 2.24 bits per heavy atom. The van der Waals surface area contributed by atoms with Crippen LogP contribution in [0.1, 0.15) is 51.8 Å². The van der Waals surface area contributed by atoms with E-state index in [1.807, 2.05) is 0 Å². The second-order valence-corrected chi connectivity index (χ2v) is 6.45. The lowest BCUT2D eigenvalue weighted by molar-refractivity contribution is 0.0984. The number of ketones is 1. The maximum atomic E-state index is 11.9. The fraction of sp³-hybridized carbons (Fsp3) is 0.500. The van der Waals surface area contributed by atoms with E-state index in [9.17, 15) is 9.59 Å². The molecule has 0 saturated heterocycles. The highest BCUT2D eigenvalue weighted by molar-refractivity contribution is 8.01. The summed E-state index contributed by atoms with van der Waals surface area (Å²) in [5, 5.41) is 0. The van der Waals surface area contributed by atoms with Crippen molar-refractivity contribution in [1.29, 1.82) is 0 Å². The molecule has 1 amide bonds. The van der Waals surface area contributed by atoms with Gasteiger partial charge in [0.25, 0.3) is 5.91 Å². The summed E-state index contributed by atoms with van der Waals surface area (Å²) in [7, 11) is 0. The Bertz CT molecular complexity index is 465. The zero-order valence-electron chi connectivity index (χ0n) is 9.75. The van der Waals surface area contributed by atoms with Gasteiger partial charge in [0.1, 0.15) is 0 Å². The van der Waals surface area contributed by atoms with E-state index in [2.05, 4.69) is 6.92 Å².